The number of unbranched alkanes of at least 4 members (excludes halogenated alkanes) is 1. The number of pyridine rings is 1. The van der Waals surface area contributed by atoms with E-state index in [2.05, 4.69) is 31.3 Å². The Balaban J connectivity index is 1.66. The van der Waals surface area contributed by atoms with Gasteiger partial charge in [0.25, 0.3) is 11.5 Å². The maximum Gasteiger partial charge on any atom is 0.267 e. The Morgan fingerprint density at radius 2 is 1.92 bits per heavy atom. The van der Waals surface area contributed by atoms with E-state index in [0.717, 1.165) is 37.7 Å². The first-order chi connectivity index (χ1) is 17.9. The molecule has 194 valence electrons. The number of aryl methyl sites for hydroxylation is 1. The molecule has 0 aliphatic carbocycles. The molecule has 4 rings (SSSR count). The molecule has 6 nitrogen and oxygen atoms in total. The third kappa shape index (κ3) is 6.30. The Hall–Kier alpha value is -2.97. The lowest BCUT2D eigenvalue weighted by molar-refractivity contribution is -0.122. The van der Waals surface area contributed by atoms with Gasteiger partial charge < -0.3 is 5.32 Å². The molecule has 0 bridgehead atoms. The van der Waals surface area contributed by atoms with Crippen molar-refractivity contribution in [2.75, 3.05) is 18.4 Å². The second-order valence-corrected chi connectivity index (χ2v) is 11.1. The van der Waals surface area contributed by atoms with Gasteiger partial charge >= 0.3 is 0 Å². The molecule has 1 N–H and O–H groups in total. The van der Waals surface area contributed by atoms with Crippen LogP contribution in [0.15, 0.2) is 58.4 Å². The van der Waals surface area contributed by atoms with Crippen molar-refractivity contribution in [2.24, 2.45) is 5.92 Å². The van der Waals surface area contributed by atoms with Gasteiger partial charge in [0.1, 0.15) is 15.8 Å². The second kappa shape index (κ2) is 12.5. The predicted octanol–water partition coefficient (Wildman–Crippen LogP) is 6.08. The topological polar surface area (TPSA) is 66.7 Å². The Labute approximate surface area is 228 Å². The number of thioether (sulfide) groups is 1. The van der Waals surface area contributed by atoms with E-state index in [9.17, 15) is 9.59 Å². The van der Waals surface area contributed by atoms with Gasteiger partial charge in [-0.25, -0.2) is 4.98 Å². The molecule has 37 heavy (non-hydrogen) atoms. The molecule has 8 heteroatoms. The lowest BCUT2D eigenvalue weighted by Gasteiger charge is -2.21. The normalized spacial score (nSPS) is 15.6. The lowest BCUT2D eigenvalue weighted by Crippen LogP contribution is -2.33. The van der Waals surface area contributed by atoms with Crippen molar-refractivity contribution in [3.8, 4) is 0 Å². The fourth-order valence-electron chi connectivity index (χ4n) is 4.51. The summed E-state index contributed by atoms with van der Waals surface area (Å²) in [6, 6.07) is 13.9. The molecule has 1 aliphatic heterocycles. The summed E-state index contributed by atoms with van der Waals surface area (Å²) < 4.78 is 2.09. The van der Waals surface area contributed by atoms with Crippen LogP contribution in [-0.4, -0.2) is 37.6 Å². The van der Waals surface area contributed by atoms with Crippen LogP contribution >= 0.6 is 24.0 Å². The average Bonchev–Trinajstić information content (AvgIpc) is 3.16. The van der Waals surface area contributed by atoms with Crippen LogP contribution in [0.3, 0.4) is 0 Å². The zero-order chi connectivity index (χ0) is 26.4. The Morgan fingerprint density at radius 3 is 2.65 bits per heavy atom. The minimum Gasteiger partial charge on any atom is -0.369 e. The number of anilines is 1. The van der Waals surface area contributed by atoms with Crippen molar-refractivity contribution >= 4 is 51.7 Å². The van der Waals surface area contributed by atoms with Crippen LogP contribution in [0.1, 0.15) is 56.2 Å². The highest BCUT2D eigenvalue weighted by Crippen LogP contribution is 2.34. The number of nitrogens with one attached hydrogen (secondary N) is 1. The Morgan fingerprint density at radius 1 is 1.14 bits per heavy atom. The van der Waals surface area contributed by atoms with Gasteiger partial charge in [-0.15, -0.1) is 0 Å². The fourth-order valence-corrected chi connectivity index (χ4v) is 5.77. The van der Waals surface area contributed by atoms with Crippen LogP contribution in [-0.2, 0) is 11.2 Å². The number of hydrogen-bond acceptors (Lipinski definition) is 6. The zero-order valence-electron chi connectivity index (χ0n) is 21.7. The summed E-state index contributed by atoms with van der Waals surface area (Å²) in [4.78, 5) is 34.0. The van der Waals surface area contributed by atoms with Crippen LogP contribution in [0, 0.1) is 12.8 Å². The number of fused-ring (bicyclic) bond motifs is 1. The van der Waals surface area contributed by atoms with Gasteiger partial charge in [-0.05, 0) is 49.0 Å². The van der Waals surface area contributed by atoms with E-state index in [1.54, 1.807) is 21.6 Å². The molecule has 0 radical (unpaired) electrons. The van der Waals surface area contributed by atoms with E-state index in [-0.39, 0.29) is 11.5 Å². The van der Waals surface area contributed by atoms with E-state index in [4.69, 9.17) is 17.2 Å². The van der Waals surface area contributed by atoms with Crippen LogP contribution in [0.4, 0.5) is 5.82 Å². The molecule has 0 saturated carbocycles. The lowest BCUT2D eigenvalue weighted by atomic mass is 9.99. The number of thiocarbonyl (C=S) groups is 1. The van der Waals surface area contributed by atoms with Crippen molar-refractivity contribution in [3.05, 3.63) is 80.6 Å². The number of aromatic nitrogens is 2. The number of amides is 1. The summed E-state index contributed by atoms with van der Waals surface area (Å²) in [6.07, 6.45) is 8.52. The van der Waals surface area contributed by atoms with Gasteiger partial charge in [-0.3, -0.25) is 18.9 Å². The van der Waals surface area contributed by atoms with Gasteiger partial charge in [0.05, 0.1) is 10.5 Å². The SMILES string of the molecule is CCCCC(CC)CN1C(=O)C(=Cc2c(NCCc3ccccc3)nc3c(C)cccn3c2=O)SC1=S. The molecule has 3 aromatic rings. The van der Waals surface area contributed by atoms with E-state index in [1.807, 2.05) is 37.3 Å². The van der Waals surface area contributed by atoms with Gasteiger partial charge in [-0.2, -0.15) is 0 Å². The molecule has 1 aromatic carbocycles. The Kier molecular flexibility index (Phi) is 9.16. The Bertz CT molecular complexity index is 1370. The molecule has 1 amide bonds. The van der Waals surface area contributed by atoms with Gasteiger partial charge in [-0.1, -0.05) is 93.5 Å². The maximum atomic E-state index is 13.6. The molecular formula is C29H34N4O2S2. The molecule has 2 aromatic heterocycles. The summed E-state index contributed by atoms with van der Waals surface area (Å²) in [5.41, 5.74) is 2.85. The van der Waals surface area contributed by atoms with Crippen molar-refractivity contribution < 1.29 is 4.79 Å². The largest absolute Gasteiger partial charge is 0.369 e. The monoisotopic (exact) mass is 534 g/mol. The fraction of sp³-hybridized carbons (Fsp3) is 0.379. The highest BCUT2D eigenvalue weighted by Gasteiger charge is 2.33. The van der Waals surface area contributed by atoms with Crippen molar-refractivity contribution in [1.82, 2.24) is 14.3 Å². The molecule has 1 unspecified atom stereocenters. The minimum absolute atomic E-state index is 0.131. The van der Waals surface area contributed by atoms with Gasteiger partial charge in [0, 0.05) is 19.3 Å². The average molecular weight is 535 g/mol. The first-order valence-electron chi connectivity index (χ1n) is 13.0. The van der Waals surface area contributed by atoms with Gasteiger partial charge in [0.2, 0.25) is 0 Å². The summed E-state index contributed by atoms with van der Waals surface area (Å²) in [6.45, 7) is 7.50. The zero-order valence-corrected chi connectivity index (χ0v) is 23.3. The maximum absolute atomic E-state index is 13.6. The number of nitrogens with zero attached hydrogens (tertiary/aromatic N) is 3. The van der Waals surface area contributed by atoms with Crippen molar-refractivity contribution in [1.29, 1.82) is 0 Å². The summed E-state index contributed by atoms with van der Waals surface area (Å²) in [5, 5.41) is 3.36. The second-order valence-electron chi connectivity index (χ2n) is 9.44. The molecule has 1 aliphatic rings. The first-order valence-corrected chi connectivity index (χ1v) is 14.2. The molecule has 1 saturated heterocycles. The first kappa shape index (κ1) is 27.1. The molecule has 3 heterocycles. The highest BCUT2D eigenvalue weighted by atomic mass is 32.2. The number of hydrogen-bond donors (Lipinski definition) is 1. The van der Waals surface area contributed by atoms with E-state index < -0.39 is 0 Å². The summed E-state index contributed by atoms with van der Waals surface area (Å²) >= 11 is 6.85. The van der Waals surface area contributed by atoms with Gasteiger partial charge in [0.15, 0.2) is 0 Å². The quantitative estimate of drug-likeness (QED) is 0.238. The van der Waals surface area contributed by atoms with Crippen LogP contribution < -0.4 is 10.9 Å². The number of carbonyl (C=O) groups excluding carboxylic acids is 1. The van der Waals surface area contributed by atoms with E-state index in [0.29, 0.717) is 45.3 Å². The van der Waals surface area contributed by atoms with Crippen molar-refractivity contribution in [3.63, 3.8) is 0 Å². The van der Waals surface area contributed by atoms with Crippen LogP contribution in [0.5, 0.6) is 0 Å². The molecular weight excluding hydrogens is 500 g/mol. The standard InChI is InChI=1S/C29H34N4O2S2/c1-4-6-12-21(5-2)19-33-28(35)24(37-29(33)36)18-23-25(30-16-15-22-13-8-7-9-14-22)31-26-20(3)11-10-17-32(26)27(23)34/h7-11,13-14,17-18,21,30H,4-6,12,15-16,19H2,1-3H3. The third-order valence-corrected chi connectivity index (χ3v) is 8.14. The summed E-state index contributed by atoms with van der Waals surface area (Å²) in [5.74, 6) is 0.761. The minimum atomic E-state index is -0.212. The number of carbonyl (C=O) groups is 1. The van der Waals surface area contributed by atoms with Crippen molar-refractivity contribution in [2.45, 2.75) is 52.9 Å². The number of benzene rings is 1. The van der Waals surface area contributed by atoms with E-state index >= 15 is 0 Å². The smallest absolute Gasteiger partial charge is 0.267 e. The highest BCUT2D eigenvalue weighted by molar-refractivity contribution is 8.26. The van der Waals surface area contributed by atoms with E-state index in [1.165, 1.54) is 17.3 Å². The predicted molar refractivity (Wildman–Crippen MR) is 158 cm³/mol. The number of rotatable bonds is 11. The summed E-state index contributed by atoms with van der Waals surface area (Å²) in [7, 11) is 0. The molecule has 0 spiro atoms. The third-order valence-electron chi connectivity index (χ3n) is 6.77. The van der Waals surface area contributed by atoms with Crippen LogP contribution in [0.2, 0.25) is 0 Å². The molecule has 1 fully saturated rings. The molecule has 1 atom stereocenters. The van der Waals surface area contributed by atoms with Crippen LogP contribution in [0.25, 0.3) is 11.7 Å².